The second-order valence-corrected chi connectivity index (χ2v) is 6.74. The molecule has 1 amide bonds. The fourth-order valence-electron chi connectivity index (χ4n) is 3.12. The second kappa shape index (κ2) is 6.20. The van der Waals surface area contributed by atoms with Gasteiger partial charge >= 0.3 is 0 Å². The third-order valence-corrected chi connectivity index (χ3v) is 5.14. The van der Waals surface area contributed by atoms with Crippen molar-refractivity contribution >= 4 is 17.2 Å². The second-order valence-electron chi connectivity index (χ2n) is 5.89. The Hall–Kier alpha value is -2.47. The molecule has 4 rings (SSSR count). The van der Waals surface area contributed by atoms with Crippen LogP contribution in [0.2, 0.25) is 0 Å². The average molecular weight is 339 g/mol. The van der Waals surface area contributed by atoms with Crippen LogP contribution in [0.25, 0.3) is 10.8 Å². The van der Waals surface area contributed by atoms with Crippen LogP contribution < -0.4 is 0 Å². The zero-order chi connectivity index (χ0) is 16.5. The first-order chi connectivity index (χ1) is 11.7. The molecule has 1 unspecified atom stereocenters. The Labute approximate surface area is 144 Å². The Kier molecular flexibility index (Phi) is 3.90. The topological polar surface area (TPSA) is 59.2 Å². The Balaban J connectivity index is 1.58. The number of aryl methyl sites for hydroxylation is 1. The first kappa shape index (κ1) is 15.1. The van der Waals surface area contributed by atoms with Crippen LogP contribution in [0.5, 0.6) is 0 Å². The summed E-state index contributed by atoms with van der Waals surface area (Å²) >= 11 is 1.44. The first-order valence-electron chi connectivity index (χ1n) is 7.95. The molecule has 1 saturated heterocycles. The summed E-state index contributed by atoms with van der Waals surface area (Å²) in [6, 6.07) is 7.86. The minimum Gasteiger partial charge on any atom is -0.459 e. The Morgan fingerprint density at radius 2 is 2.12 bits per heavy atom. The maximum absolute atomic E-state index is 12.9. The van der Waals surface area contributed by atoms with Gasteiger partial charge in [0.2, 0.25) is 0 Å². The summed E-state index contributed by atoms with van der Waals surface area (Å²) in [5, 5.41) is 2.56. The van der Waals surface area contributed by atoms with E-state index in [1.54, 1.807) is 12.4 Å². The third kappa shape index (κ3) is 2.73. The molecular formula is C18H17N3O2S. The Morgan fingerprint density at radius 1 is 1.29 bits per heavy atom. The van der Waals surface area contributed by atoms with E-state index >= 15 is 0 Å². The van der Waals surface area contributed by atoms with Crippen molar-refractivity contribution in [1.82, 2.24) is 14.9 Å². The van der Waals surface area contributed by atoms with Crippen molar-refractivity contribution in [3.05, 3.63) is 59.1 Å². The van der Waals surface area contributed by atoms with E-state index < -0.39 is 0 Å². The van der Waals surface area contributed by atoms with Crippen LogP contribution in [0, 0.1) is 6.92 Å². The van der Waals surface area contributed by atoms with Crippen molar-refractivity contribution in [3.8, 4) is 10.8 Å². The predicted octanol–water partition coefficient (Wildman–Crippen LogP) is 4.08. The van der Waals surface area contributed by atoms with Crippen LogP contribution >= 0.6 is 11.3 Å². The van der Waals surface area contributed by atoms with Gasteiger partial charge in [0, 0.05) is 24.3 Å². The van der Waals surface area contributed by atoms with Gasteiger partial charge in [0.1, 0.15) is 11.5 Å². The van der Waals surface area contributed by atoms with Crippen molar-refractivity contribution in [1.29, 1.82) is 0 Å². The molecule has 3 aromatic rings. The highest BCUT2D eigenvalue weighted by molar-refractivity contribution is 7.13. The lowest BCUT2D eigenvalue weighted by Gasteiger charge is -2.24. The van der Waals surface area contributed by atoms with E-state index in [4.69, 9.17) is 4.42 Å². The summed E-state index contributed by atoms with van der Waals surface area (Å²) in [4.78, 5) is 23.4. The normalized spacial score (nSPS) is 17.4. The molecule has 0 saturated carbocycles. The van der Waals surface area contributed by atoms with E-state index in [1.807, 2.05) is 41.5 Å². The van der Waals surface area contributed by atoms with Crippen molar-refractivity contribution in [2.45, 2.75) is 25.8 Å². The van der Waals surface area contributed by atoms with Gasteiger partial charge in [0.05, 0.1) is 6.04 Å². The number of rotatable bonds is 3. The van der Waals surface area contributed by atoms with Gasteiger partial charge in [0.15, 0.2) is 10.8 Å². The number of likely N-dealkylation sites (tertiary alicyclic amines) is 1. The van der Waals surface area contributed by atoms with Gasteiger partial charge in [-0.05, 0) is 49.6 Å². The zero-order valence-corrected chi connectivity index (χ0v) is 14.1. The van der Waals surface area contributed by atoms with Crippen molar-refractivity contribution < 1.29 is 9.21 Å². The number of carbonyl (C=O) groups is 1. The van der Waals surface area contributed by atoms with E-state index in [0.717, 1.165) is 35.7 Å². The molecule has 0 radical (unpaired) electrons. The lowest BCUT2D eigenvalue weighted by Crippen LogP contribution is -2.30. The van der Waals surface area contributed by atoms with Crippen LogP contribution in [0.4, 0.5) is 0 Å². The number of hydrogen-bond donors (Lipinski definition) is 0. The summed E-state index contributed by atoms with van der Waals surface area (Å²) in [6.45, 7) is 2.66. The minimum atomic E-state index is -0.0138. The lowest BCUT2D eigenvalue weighted by atomic mass is 10.1. The molecule has 5 nitrogen and oxygen atoms in total. The number of hydrogen-bond acceptors (Lipinski definition) is 5. The molecule has 1 aliphatic rings. The molecule has 4 heterocycles. The highest BCUT2D eigenvalue weighted by Gasteiger charge is 2.31. The number of aromatic nitrogens is 2. The molecule has 122 valence electrons. The van der Waals surface area contributed by atoms with E-state index in [2.05, 4.69) is 9.97 Å². The smallest absolute Gasteiger partial charge is 0.273 e. The molecule has 1 aliphatic heterocycles. The van der Waals surface area contributed by atoms with Crippen LogP contribution in [-0.4, -0.2) is 27.3 Å². The lowest BCUT2D eigenvalue weighted by molar-refractivity contribution is 0.0730. The summed E-state index contributed by atoms with van der Waals surface area (Å²) < 4.78 is 5.59. The molecule has 0 N–H and O–H groups in total. The van der Waals surface area contributed by atoms with Gasteiger partial charge < -0.3 is 9.32 Å². The molecule has 0 spiro atoms. The van der Waals surface area contributed by atoms with Crippen LogP contribution in [0.1, 0.15) is 40.7 Å². The number of furan rings is 1. The van der Waals surface area contributed by atoms with Crippen LogP contribution in [-0.2, 0) is 0 Å². The van der Waals surface area contributed by atoms with Gasteiger partial charge in [-0.2, -0.15) is 0 Å². The monoisotopic (exact) mass is 339 g/mol. The molecule has 1 atom stereocenters. The van der Waals surface area contributed by atoms with E-state index in [1.165, 1.54) is 11.3 Å². The van der Waals surface area contributed by atoms with Crippen molar-refractivity contribution in [2.75, 3.05) is 6.54 Å². The zero-order valence-electron chi connectivity index (χ0n) is 13.3. The summed E-state index contributed by atoms with van der Waals surface area (Å²) in [7, 11) is 0. The molecule has 0 aliphatic carbocycles. The summed E-state index contributed by atoms with van der Waals surface area (Å²) in [5.41, 5.74) is 1.62. The minimum absolute atomic E-state index is 0.0138. The number of nitrogens with zero attached hydrogens (tertiary/aromatic N) is 3. The molecular weight excluding hydrogens is 322 g/mol. The Morgan fingerprint density at radius 3 is 2.88 bits per heavy atom. The maximum Gasteiger partial charge on any atom is 0.273 e. The SMILES string of the molecule is Cc1ccc(-c2nc(C(=O)N3CCCC3c3ccncc3)cs2)o1. The van der Waals surface area contributed by atoms with Gasteiger partial charge in [-0.1, -0.05) is 0 Å². The highest BCUT2D eigenvalue weighted by Crippen LogP contribution is 2.33. The maximum atomic E-state index is 12.9. The highest BCUT2D eigenvalue weighted by atomic mass is 32.1. The molecule has 1 fully saturated rings. The van der Waals surface area contributed by atoms with Gasteiger partial charge in [-0.3, -0.25) is 9.78 Å². The summed E-state index contributed by atoms with van der Waals surface area (Å²) in [6.07, 6.45) is 5.53. The van der Waals surface area contributed by atoms with Gasteiger partial charge in [0.25, 0.3) is 5.91 Å². The molecule has 24 heavy (non-hydrogen) atoms. The quantitative estimate of drug-likeness (QED) is 0.721. The average Bonchev–Trinajstić information content (AvgIpc) is 3.35. The van der Waals surface area contributed by atoms with Crippen molar-refractivity contribution in [2.24, 2.45) is 0 Å². The number of thiazole rings is 1. The largest absolute Gasteiger partial charge is 0.459 e. The molecule has 3 aromatic heterocycles. The number of carbonyl (C=O) groups excluding carboxylic acids is 1. The van der Waals surface area contributed by atoms with Crippen LogP contribution in [0.3, 0.4) is 0 Å². The fourth-order valence-corrected chi connectivity index (χ4v) is 3.88. The fraction of sp³-hybridized carbons (Fsp3) is 0.278. The predicted molar refractivity (Wildman–Crippen MR) is 91.8 cm³/mol. The van der Waals surface area contributed by atoms with Gasteiger partial charge in [-0.15, -0.1) is 11.3 Å². The third-order valence-electron chi connectivity index (χ3n) is 4.28. The first-order valence-corrected chi connectivity index (χ1v) is 8.83. The van der Waals surface area contributed by atoms with Crippen LogP contribution in [0.15, 0.2) is 46.5 Å². The number of pyridine rings is 1. The Bertz CT molecular complexity index is 856. The molecule has 0 bridgehead atoms. The van der Waals surface area contributed by atoms with E-state index in [-0.39, 0.29) is 11.9 Å². The summed E-state index contributed by atoms with van der Waals surface area (Å²) in [5.74, 6) is 1.54. The van der Waals surface area contributed by atoms with E-state index in [9.17, 15) is 4.79 Å². The molecule has 0 aromatic carbocycles. The standard InChI is InChI=1S/C18H17N3O2S/c1-12-4-5-16(23-12)17-20-14(11-24-17)18(22)21-10-2-3-15(21)13-6-8-19-9-7-13/h4-9,11,15H,2-3,10H2,1H3. The number of amides is 1. The van der Waals surface area contributed by atoms with E-state index in [0.29, 0.717) is 11.5 Å². The van der Waals surface area contributed by atoms with Gasteiger partial charge in [-0.25, -0.2) is 4.98 Å². The molecule has 6 heteroatoms. The van der Waals surface area contributed by atoms with Crippen molar-refractivity contribution in [3.63, 3.8) is 0 Å².